The van der Waals surface area contributed by atoms with Crippen LogP contribution in [0, 0.1) is 0 Å². The summed E-state index contributed by atoms with van der Waals surface area (Å²) in [6.45, 7) is 4.34. The molecule has 0 N–H and O–H groups in total. The average molecular weight is 493 g/mol. The van der Waals surface area contributed by atoms with Crippen LogP contribution < -0.4 is 15.6 Å². The van der Waals surface area contributed by atoms with Crippen molar-refractivity contribution < 1.29 is 0 Å². The molecule has 0 saturated carbocycles. The number of alkyl halides is 1. The maximum atomic E-state index is 7.05. The minimum absolute atomic E-state index is 0.490. The van der Waals surface area contributed by atoms with Crippen molar-refractivity contribution >= 4 is 40.8 Å². The highest BCUT2D eigenvalue weighted by molar-refractivity contribution is 7.17. The molecule has 0 bridgehead atoms. The fraction of sp³-hybridized carbons (Fsp3) is 0.152. The summed E-state index contributed by atoms with van der Waals surface area (Å²) in [6, 6.07) is 44.0. The third kappa shape index (κ3) is 5.42. The van der Waals surface area contributed by atoms with Gasteiger partial charge in [0.15, 0.2) is 8.07 Å². The lowest BCUT2D eigenvalue weighted by atomic mass is 10.00. The average Bonchev–Trinajstić information content (AvgIpc) is 2.92. The van der Waals surface area contributed by atoms with Gasteiger partial charge in [-0.15, -0.1) is 11.6 Å². The molecule has 0 saturated heterocycles. The highest BCUT2D eigenvalue weighted by Gasteiger charge is 2.43. The zero-order valence-corrected chi connectivity index (χ0v) is 22.4. The van der Waals surface area contributed by atoms with Crippen LogP contribution >= 0.6 is 11.6 Å². The minimum atomic E-state index is -2.65. The van der Waals surface area contributed by atoms with Crippen LogP contribution in [-0.2, 0) is 0 Å². The Hall–Kier alpha value is -3.13. The Labute approximate surface area is 216 Å². The third-order valence-corrected chi connectivity index (χ3v) is 12.1. The molecule has 4 aromatic carbocycles. The Morgan fingerprint density at radius 3 is 1.40 bits per heavy atom. The van der Waals surface area contributed by atoms with Gasteiger partial charge in [0.1, 0.15) is 0 Å². The number of benzene rings is 4. The van der Waals surface area contributed by atoms with Gasteiger partial charge in [0.2, 0.25) is 0 Å². The predicted octanol–water partition coefficient (Wildman–Crippen LogP) is 7.14. The monoisotopic (exact) mass is 492 g/mol. The van der Waals surface area contributed by atoms with E-state index in [1.54, 1.807) is 0 Å². The van der Waals surface area contributed by atoms with Gasteiger partial charge >= 0.3 is 0 Å². The predicted molar refractivity (Wildman–Crippen MR) is 157 cm³/mol. The summed E-state index contributed by atoms with van der Waals surface area (Å²) in [5.41, 5.74) is 3.99. The standard InChI is InChI=1S/C33H33ClSi/c1-27(2)16-15-25-32(28-17-7-3-8-18-28)33(26-34)35(29-19-9-4-10-20-29,30-21-11-5-12-22-30)31-23-13-6-14-24-31/h3-14,16-24H,15,25-26H2,1-2H3/b33-32-. The summed E-state index contributed by atoms with van der Waals surface area (Å²) in [6.07, 6.45) is 4.29. The van der Waals surface area contributed by atoms with E-state index < -0.39 is 8.07 Å². The fourth-order valence-corrected chi connectivity index (χ4v) is 10.9. The molecule has 0 nitrogen and oxygen atoms in total. The topological polar surface area (TPSA) is 0 Å². The summed E-state index contributed by atoms with van der Waals surface area (Å²) in [7, 11) is -2.65. The Kier molecular flexibility index (Phi) is 8.57. The van der Waals surface area contributed by atoms with E-state index >= 15 is 0 Å². The van der Waals surface area contributed by atoms with Crippen molar-refractivity contribution in [2.24, 2.45) is 0 Å². The molecule has 0 aliphatic rings. The second-order valence-electron chi connectivity index (χ2n) is 9.12. The van der Waals surface area contributed by atoms with Gasteiger partial charge in [0.05, 0.1) is 0 Å². The highest BCUT2D eigenvalue weighted by Crippen LogP contribution is 2.31. The van der Waals surface area contributed by atoms with Crippen LogP contribution in [0.15, 0.2) is 138 Å². The Morgan fingerprint density at radius 1 is 0.629 bits per heavy atom. The maximum absolute atomic E-state index is 7.05. The highest BCUT2D eigenvalue weighted by atomic mass is 35.5. The first kappa shape index (κ1) is 25.0. The summed E-state index contributed by atoms with van der Waals surface area (Å²) in [5.74, 6) is 0.490. The molecule has 176 valence electrons. The zero-order valence-electron chi connectivity index (χ0n) is 20.6. The first-order valence-corrected chi connectivity index (χ1v) is 14.8. The van der Waals surface area contributed by atoms with Gasteiger partial charge < -0.3 is 0 Å². The van der Waals surface area contributed by atoms with Crippen LogP contribution in [0.5, 0.6) is 0 Å². The first-order valence-electron chi connectivity index (χ1n) is 12.3. The molecule has 2 heteroatoms. The van der Waals surface area contributed by atoms with Crippen LogP contribution in [0.4, 0.5) is 0 Å². The van der Waals surface area contributed by atoms with E-state index in [0.29, 0.717) is 5.88 Å². The largest absolute Gasteiger partial charge is 0.177 e. The number of rotatable bonds is 9. The quantitative estimate of drug-likeness (QED) is 0.101. The minimum Gasteiger partial charge on any atom is -0.122 e. The van der Waals surface area contributed by atoms with E-state index in [9.17, 15) is 0 Å². The van der Waals surface area contributed by atoms with Gasteiger partial charge in [-0.25, -0.2) is 0 Å². The number of hydrogen-bond donors (Lipinski definition) is 0. The van der Waals surface area contributed by atoms with Gasteiger partial charge in [-0.1, -0.05) is 133 Å². The number of hydrogen-bond acceptors (Lipinski definition) is 0. The van der Waals surface area contributed by atoms with Crippen LogP contribution in [0.1, 0.15) is 32.3 Å². The van der Waals surface area contributed by atoms with E-state index in [1.807, 2.05) is 0 Å². The van der Waals surface area contributed by atoms with Crippen LogP contribution in [0.25, 0.3) is 5.57 Å². The summed E-state index contributed by atoms with van der Waals surface area (Å²) >= 11 is 7.05. The second kappa shape index (κ2) is 12.0. The molecule has 0 amide bonds. The Balaban J connectivity index is 2.13. The first-order chi connectivity index (χ1) is 17.2. The molecular weight excluding hydrogens is 460 g/mol. The molecule has 0 aliphatic heterocycles. The molecule has 0 aromatic heterocycles. The fourth-order valence-electron chi connectivity index (χ4n) is 5.11. The lowest BCUT2D eigenvalue weighted by molar-refractivity contribution is 1.04. The van der Waals surface area contributed by atoms with Crippen molar-refractivity contribution in [3.05, 3.63) is 144 Å². The van der Waals surface area contributed by atoms with Crippen molar-refractivity contribution in [1.82, 2.24) is 0 Å². The van der Waals surface area contributed by atoms with Crippen molar-refractivity contribution in [2.75, 3.05) is 5.88 Å². The van der Waals surface area contributed by atoms with Crippen molar-refractivity contribution in [1.29, 1.82) is 0 Å². The van der Waals surface area contributed by atoms with Crippen LogP contribution in [0.2, 0.25) is 0 Å². The summed E-state index contributed by atoms with van der Waals surface area (Å²) < 4.78 is 0. The van der Waals surface area contributed by atoms with Crippen LogP contribution in [0.3, 0.4) is 0 Å². The van der Waals surface area contributed by atoms with E-state index in [0.717, 1.165) is 12.8 Å². The Morgan fingerprint density at radius 2 is 1.03 bits per heavy atom. The number of allylic oxidation sites excluding steroid dienone is 4. The third-order valence-electron chi connectivity index (χ3n) is 6.64. The lowest BCUT2D eigenvalue weighted by Gasteiger charge is -2.37. The van der Waals surface area contributed by atoms with E-state index in [4.69, 9.17) is 11.6 Å². The molecular formula is C33H33ClSi. The zero-order chi connectivity index (χ0) is 24.5. The van der Waals surface area contributed by atoms with Gasteiger partial charge in [0.25, 0.3) is 0 Å². The second-order valence-corrected chi connectivity index (χ2v) is 13.2. The van der Waals surface area contributed by atoms with Crippen molar-refractivity contribution in [3.8, 4) is 0 Å². The molecule has 4 rings (SSSR count). The molecule has 0 aliphatic carbocycles. The molecule has 4 aromatic rings. The van der Waals surface area contributed by atoms with Gasteiger partial charge in [0, 0.05) is 5.88 Å². The molecule has 0 fully saturated rings. The van der Waals surface area contributed by atoms with E-state index in [2.05, 4.69) is 141 Å². The molecule has 35 heavy (non-hydrogen) atoms. The maximum Gasteiger partial charge on any atom is 0.177 e. The van der Waals surface area contributed by atoms with E-state index in [-0.39, 0.29) is 0 Å². The summed E-state index contributed by atoms with van der Waals surface area (Å²) in [5, 5.41) is 5.47. The Bertz CT molecular complexity index is 1160. The SMILES string of the molecule is CC(C)=CCC/C(=C(\CCl)[Si](c1ccccc1)(c1ccccc1)c1ccccc1)c1ccccc1. The van der Waals surface area contributed by atoms with Gasteiger partial charge in [-0.2, -0.15) is 0 Å². The summed E-state index contributed by atoms with van der Waals surface area (Å²) in [4.78, 5) is 0. The molecule has 0 atom stereocenters. The van der Waals surface area contributed by atoms with Crippen molar-refractivity contribution in [2.45, 2.75) is 26.7 Å². The lowest BCUT2D eigenvalue weighted by Crippen LogP contribution is -2.69. The number of halogens is 1. The molecule has 0 radical (unpaired) electrons. The van der Waals surface area contributed by atoms with Gasteiger partial charge in [-0.05, 0) is 58.6 Å². The molecule has 0 unspecified atom stereocenters. The van der Waals surface area contributed by atoms with Gasteiger partial charge in [-0.3, -0.25) is 0 Å². The normalized spacial score (nSPS) is 12.1. The molecule has 0 spiro atoms. The smallest absolute Gasteiger partial charge is 0.122 e. The van der Waals surface area contributed by atoms with Crippen molar-refractivity contribution in [3.63, 3.8) is 0 Å². The van der Waals surface area contributed by atoms with Crippen LogP contribution in [-0.4, -0.2) is 14.0 Å². The van der Waals surface area contributed by atoms with E-state index in [1.165, 1.54) is 37.5 Å². The molecule has 0 heterocycles.